The summed E-state index contributed by atoms with van der Waals surface area (Å²) in [4.78, 5) is 23.5. The van der Waals surface area contributed by atoms with Crippen LogP contribution < -0.4 is 5.32 Å². The van der Waals surface area contributed by atoms with Crippen molar-refractivity contribution in [3.8, 4) is 0 Å². The fourth-order valence-corrected chi connectivity index (χ4v) is 5.33. The molecule has 1 amide bonds. The van der Waals surface area contributed by atoms with Gasteiger partial charge in [0.25, 0.3) is 5.69 Å². The molecule has 1 fully saturated rings. The summed E-state index contributed by atoms with van der Waals surface area (Å²) in [5.41, 5.74) is -0.437. The van der Waals surface area contributed by atoms with Crippen molar-refractivity contribution in [3.05, 3.63) is 56.8 Å². The van der Waals surface area contributed by atoms with Crippen LogP contribution >= 0.6 is 11.3 Å². The van der Waals surface area contributed by atoms with Gasteiger partial charge in [-0.2, -0.15) is 4.31 Å². The van der Waals surface area contributed by atoms with Crippen molar-refractivity contribution >= 4 is 33.0 Å². The molecule has 0 atom stereocenters. The highest BCUT2D eigenvalue weighted by molar-refractivity contribution is 7.89. The predicted octanol–water partition coefficient (Wildman–Crippen LogP) is 2.37. The van der Waals surface area contributed by atoms with Crippen LogP contribution in [0.3, 0.4) is 0 Å². The van der Waals surface area contributed by atoms with E-state index in [0.717, 1.165) is 4.88 Å². The molecule has 1 N–H and O–H groups in total. The third kappa shape index (κ3) is 4.34. The largest absolute Gasteiger partial charge is 0.351 e. The van der Waals surface area contributed by atoms with E-state index >= 15 is 0 Å². The van der Waals surface area contributed by atoms with Crippen LogP contribution in [0.5, 0.6) is 0 Å². The van der Waals surface area contributed by atoms with E-state index in [2.05, 4.69) is 5.32 Å². The summed E-state index contributed by atoms with van der Waals surface area (Å²) < 4.78 is 26.8. The number of para-hydroxylation sites is 1. The molecule has 2 heterocycles. The number of carbonyl (C=O) groups is 1. The molecule has 0 bridgehead atoms. The Morgan fingerprint density at radius 3 is 2.56 bits per heavy atom. The molecule has 0 unspecified atom stereocenters. The minimum atomic E-state index is -3.97. The Morgan fingerprint density at radius 1 is 1.22 bits per heavy atom. The van der Waals surface area contributed by atoms with Crippen molar-refractivity contribution in [2.45, 2.75) is 24.3 Å². The van der Waals surface area contributed by atoms with Gasteiger partial charge in [-0.25, -0.2) is 8.42 Å². The zero-order valence-corrected chi connectivity index (χ0v) is 16.0. The molecule has 0 aliphatic carbocycles. The topological polar surface area (TPSA) is 110 Å². The van der Waals surface area contributed by atoms with Crippen molar-refractivity contribution < 1.29 is 18.1 Å². The quantitative estimate of drug-likeness (QED) is 0.582. The maximum Gasteiger partial charge on any atom is 0.289 e. The second-order valence-corrected chi connectivity index (χ2v) is 9.14. The van der Waals surface area contributed by atoms with Crippen LogP contribution in [0, 0.1) is 16.0 Å². The van der Waals surface area contributed by atoms with Gasteiger partial charge in [0.1, 0.15) is 0 Å². The Hall–Kier alpha value is -2.30. The predicted molar refractivity (Wildman–Crippen MR) is 101 cm³/mol. The number of nitrogens with zero attached hydrogens (tertiary/aromatic N) is 2. The van der Waals surface area contributed by atoms with E-state index in [1.807, 2.05) is 17.5 Å². The van der Waals surface area contributed by atoms with Crippen molar-refractivity contribution in [2.24, 2.45) is 5.92 Å². The van der Waals surface area contributed by atoms with Gasteiger partial charge in [-0.1, -0.05) is 18.2 Å². The fraction of sp³-hybridized carbons (Fsp3) is 0.353. The van der Waals surface area contributed by atoms with Crippen molar-refractivity contribution in [1.82, 2.24) is 9.62 Å². The van der Waals surface area contributed by atoms with E-state index in [0.29, 0.717) is 19.4 Å². The number of hydrogen-bond donors (Lipinski definition) is 1. The molecule has 144 valence electrons. The fourth-order valence-electron chi connectivity index (χ4n) is 3.06. The number of rotatable bonds is 6. The van der Waals surface area contributed by atoms with Crippen LogP contribution in [0.4, 0.5) is 5.69 Å². The Morgan fingerprint density at radius 2 is 1.93 bits per heavy atom. The van der Waals surface area contributed by atoms with Crippen LogP contribution in [0.1, 0.15) is 17.7 Å². The Bertz CT molecular complexity index is 920. The molecule has 0 radical (unpaired) electrons. The zero-order valence-electron chi connectivity index (χ0n) is 14.4. The lowest BCUT2D eigenvalue weighted by Crippen LogP contribution is -2.42. The van der Waals surface area contributed by atoms with E-state index in [1.165, 1.54) is 28.6 Å². The highest BCUT2D eigenvalue weighted by Gasteiger charge is 2.35. The molecule has 1 saturated heterocycles. The normalized spacial score (nSPS) is 16.1. The first-order chi connectivity index (χ1) is 12.9. The van der Waals surface area contributed by atoms with Gasteiger partial charge in [-0.3, -0.25) is 14.9 Å². The van der Waals surface area contributed by atoms with Gasteiger partial charge in [0.2, 0.25) is 15.9 Å². The van der Waals surface area contributed by atoms with E-state index in [1.54, 1.807) is 11.3 Å². The van der Waals surface area contributed by atoms with Gasteiger partial charge in [0.05, 0.1) is 11.5 Å². The lowest BCUT2D eigenvalue weighted by Gasteiger charge is -2.30. The second-order valence-electron chi connectivity index (χ2n) is 6.20. The molecule has 10 heteroatoms. The SMILES string of the molecule is O=C(NCc1cccs1)C1CCN(S(=O)(=O)c2ccccc2[N+](=O)[O-])CC1. The summed E-state index contributed by atoms with van der Waals surface area (Å²) in [5, 5.41) is 15.9. The van der Waals surface area contributed by atoms with Gasteiger partial charge in [0.15, 0.2) is 4.90 Å². The zero-order chi connectivity index (χ0) is 19.4. The molecule has 3 rings (SSSR count). The van der Waals surface area contributed by atoms with Gasteiger partial charge >= 0.3 is 0 Å². The first-order valence-electron chi connectivity index (χ1n) is 8.43. The maximum atomic E-state index is 12.8. The molecule has 1 aliphatic heterocycles. The minimum absolute atomic E-state index is 0.0915. The van der Waals surface area contributed by atoms with E-state index in [9.17, 15) is 23.3 Å². The number of nitro benzene ring substituents is 1. The first kappa shape index (κ1) is 19.5. The number of sulfonamides is 1. The number of benzene rings is 1. The van der Waals surface area contributed by atoms with Crippen LogP contribution in [0.2, 0.25) is 0 Å². The summed E-state index contributed by atoms with van der Waals surface area (Å²) in [6.45, 7) is 0.780. The van der Waals surface area contributed by atoms with Crippen molar-refractivity contribution in [3.63, 3.8) is 0 Å². The number of hydrogen-bond acceptors (Lipinski definition) is 6. The van der Waals surface area contributed by atoms with Gasteiger partial charge in [-0.15, -0.1) is 11.3 Å². The molecular weight excluding hydrogens is 390 g/mol. The number of thiophene rings is 1. The van der Waals surface area contributed by atoms with Gasteiger partial charge < -0.3 is 5.32 Å². The maximum absolute atomic E-state index is 12.8. The Labute approximate surface area is 161 Å². The highest BCUT2D eigenvalue weighted by atomic mass is 32.2. The smallest absolute Gasteiger partial charge is 0.289 e. The molecule has 0 saturated carbocycles. The molecule has 27 heavy (non-hydrogen) atoms. The van der Waals surface area contributed by atoms with Crippen molar-refractivity contribution in [1.29, 1.82) is 0 Å². The summed E-state index contributed by atoms with van der Waals surface area (Å²) in [6.07, 6.45) is 0.770. The molecule has 1 aromatic carbocycles. The number of carbonyl (C=O) groups excluding carboxylic acids is 1. The number of amides is 1. The number of nitrogens with one attached hydrogen (secondary N) is 1. The summed E-state index contributed by atoms with van der Waals surface area (Å²) >= 11 is 1.56. The average Bonchev–Trinajstić information content (AvgIpc) is 3.20. The Balaban J connectivity index is 1.63. The van der Waals surface area contributed by atoms with Gasteiger partial charge in [0, 0.05) is 30.0 Å². The second kappa shape index (κ2) is 8.15. The van der Waals surface area contributed by atoms with E-state index < -0.39 is 20.6 Å². The van der Waals surface area contributed by atoms with Crippen LogP contribution in [0.15, 0.2) is 46.7 Å². The third-order valence-electron chi connectivity index (χ3n) is 4.52. The minimum Gasteiger partial charge on any atom is -0.351 e. The Kier molecular flexibility index (Phi) is 5.88. The molecule has 2 aromatic rings. The molecular formula is C17H19N3O5S2. The van der Waals surface area contributed by atoms with Gasteiger partial charge in [-0.05, 0) is 30.4 Å². The third-order valence-corrected chi connectivity index (χ3v) is 7.34. The molecule has 1 aliphatic rings. The van der Waals surface area contributed by atoms with Crippen molar-refractivity contribution in [2.75, 3.05) is 13.1 Å². The lowest BCUT2D eigenvalue weighted by atomic mass is 9.97. The number of nitro groups is 1. The molecule has 0 spiro atoms. The number of piperidine rings is 1. The summed E-state index contributed by atoms with van der Waals surface area (Å²) in [6, 6.07) is 9.17. The van der Waals surface area contributed by atoms with Crippen LogP contribution in [-0.4, -0.2) is 36.6 Å². The molecule has 1 aromatic heterocycles. The van der Waals surface area contributed by atoms with Crippen LogP contribution in [-0.2, 0) is 21.4 Å². The first-order valence-corrected chi connectivity index (χ1v) is 10.7. The van der Waals surface area contributed by atoms with E-state index in [-0.39, 0.29) is 29.8 Å². The average molecular weight is 409 g/mol. The summed E-state index contributed by atoms with van der Waals surface area (Å²) in [7, 11) is -3.97. The van der Waals surface area contributed by atoms with E-state index in [4.69, 9.17) is 0 Å². The highest BCUT2D eigenvalue weighted by Crippen LogP contribution is 2.29. The monoisotopic (exact) mass is 409 g/mol. The lowest BCUT2D eigenvalue weighted by molar-refractivity contribution is -0.387. The molecule has 8 nitrogen and oxygen atoms in total. The van der Waals surface area contributed by atoms with Crippen LogP contribution in [0.25, 0.3) is 0 Å². The summed E-state index contributed by atoms with van der Waals surface area (Å²) in [5.74, 6) is -0.353. The standard InChI is InChI=1S/C17H19N3O5S2/c21-17(18-12-14-4-3-11-26-14)13-7-9-19(10-8-13)27(24,25)16-6-2-1-5-15(16)20(22)23/h1-6,11,13H,7-10,12H2,(H,18,21).